The van der Waals surface area contributed by atoms with Crippen LogP contribution in [0.3, 0.4) is 0 Å². The van der Waals surface area contributed by atoms with Crippen molar-refractivity contribution in [2.75, 3.05) is 13.1 Å². The van der Waals surface area contributed by atoms with Crippen LogP contribution in [0.4, 0.5) is 4.39 Å². The number of hydrogen-bond acceptors (Lipinski definition) is 3. The number of halogens is 1. The average Bonchev–Trinajstić information content (AvgIpc) is 2.94. The number of thiophene rings is 1. The topological polar surface area (TPSA) is 57.6 Å². The lowest BCUT2D eigenvalue weighted by molar-refractivity contribution is -0.149. The van der Waals surface area contributed by atoms with Crippen LogP contribution >= 0.6 is 11.3 Å². The van der Waals surface area contributed by atoms with Gasteiger partial charge in [-0.1, -0.05) is 6.92 Å². The van der Waals surface area contributed by atoms with Crippen LogP contribution in [0.15, 0.2) is 11.4 Å². The van der Waals surface area contributed by atoms with Gasteiger partial charge < -0.3 is 10.0 Å². The molecule has 98 valence electrons. The lowest BCUT2D eigenvalue weighted by Gasteiger charge is -2.17. The van der Waals surface area contributed by atoms with Gasteiger partial charge in [-0.15, -0.1) is 11.3 Å². The molecule has 4 nitrogen and oxygen atoms in total. The van der Waals surface area contributed by atoms with Gasteiger partial charge >= 0.3 is 5.97 Å². The molecule has 2 rings (SSSR count). The molecule has 0 aliphatic carbocycles. The van der Waals surface area contributed by atoms with Gasteiger partial charge in [0.05, 0.1) is 11.4 Å². The minimum Gasteiger partial charge on any atom is -0.479 e. The van der Waals surface area contributed by atoms with Crippen molar-refractivity contribution in [2.24, 2.45) is 0 Å². The summed E-state index contributed by atoms with van der Waals surface area (Å²) >= 11 is 1.32. The first kappa shape index (κ1) is 13.0. The molecule has 1 saturated heterocycles. The molecule has 2 heterocycles. The van der Waals surface area contributed by atoms with Crippen molar-refractivity contribution < 1.29 is 19.1 Å². The van der Waals surface area contributed by atoms with Crippen LogP contribution in [-0.4, -0.2) is 40.6 Å². The van der Waals surface area contributed by atoms with Gasteiger partial charge in [0, 0.05) is 13.0 Å². The predicted molar refractivity (Wildman–Crippen MR) is 65.7 cm³/mol. The Labute approximate surface area is 108 Å². The zero-order valence-electron chi connectivity index (χ0n) is 9.98. The number of rotatable bonds is 3. The SMILES string of the molecule is CCc1ccsc1C(=O)N1CCC(F)(C(=O)O)C1. The van der Waals surface area contributed by atoms with Gasteiger partial charge in [0.25, 0.3) is 5.91 Å². The van der Waals surface area contributed by atoms with Crippen molar-refractivity contribution in [3.05, 3.63) is 21.9 Å². The molecule has 0 radical (unpaired) electrons. The van der Waals surface area contributed by atoms with Crippen LogP contribution in [0.5, 0.6) is 0 Å². The van der Waals surface area contributed by atoms with Gasteiger partial charge in [-0.05, 0) is 23.4 Å². The Hall–Kier alpha value is -1.43. The number of alkyl halides is 1. The molecule has 1 aromatic heterocycles. The molecule has 0 saturated carbocycles. The fourth-order valence-electron chi connectivity index (χ4n) is 2.07. The maximum Gasteiger partial charge on any atom is 0.343 e. The minimum atomic E-state index is -2.29. The molecule has 1 fully saturated rings. The highest BCUT2D eigenvalue weighted by atomic mass is 32.1. The van der Waals surface area contributed by atoms with Gasteiger partial charge in [-0.25, -0.2) is 9.18 Å². The number of aliphatic carboxylic acids is 1. The number of carbonyl (C=O) groups excluding carboxylic acids is 1. The second-order valence-electron chi connectivity index (χ2n) is 4.38. The van der Waals surface area contributed by atoms with E-state index in [4.69, 9.17) is 5.11 Å². The van der Waals surface area contributed by atoms with Crippen LogP contribution in [0, 0.1) is 0 Å². The smallest absolute Gasteiger partial charge is 0.343 e. The first-order chi connectivity index (χ1) is 8.48. The van der Waals surface area contributed by atoms with Gasteiger partial charge in [0.15, 0.2) is 0 Å². The number of carbonyl (C=O) groups is 2. The number of amides is 1. The van der Waals surface area contributed by atoms with E-state index in [-0.39, 0.29) is 25.4 Å². The second kappa shape index (κ2) is 4.68. The van der Waals surface area contributed by atoms with Crippen molar-refractivity contribution in [2.45, 2.75) is 25.4 Å². The predicted octanol–water partition coefficient (Wildman–Crippen LogP) is 1.95. The minimum absolute atomic E-state index is 0.138. The Morgan fingerprint density at radius 3 is 2.89 bits per heavy atom. The maximum absolute atomic E-state index is 13.9. The zero-order valence-corrected chi connectivity index (χ0v) is 10.8. The van der Waals surface area contributed by atoms with Crippen molar-refractivity contribution >= 4 is 23.2 Å². The van der Waals surface area contributed by atoms with Crippen molar-refractivity contribution in [3.8, 4) is 0 Å². The van der Waals surface area contributed by atoms with Crippen molar-refractivity contribution in [3.63, 3.8) is 0 Å². The molecular weight excluding hydrogens is 257 g/mol. The largest absolute Gasteiger partial charge is 0.479 e. The lowest BCUT2D eigenvalue weighted by atomic mass is 10.1. The molecule has 1 N–H and O–H groups in total. The van der Waals surface area contributed by atoms with E-state index in [0.717, 1.165) is 12.0 Å². The fraction of sp³-hybridized carbons (Fsp3) is 0.500. The molecule has 1 unspecified atom stereocenters. The lowest BCUT2D eigenvalue weighted by Crippen LogP contribution is -2.38. The van der Waals surface area contributed by atoms with E-state index in [9.17, 15) is 14.0 Å². The summed E-state index contributed by atoms with van der Waals surface area (Å²) in [7, 11) is 0. The van der Waals surface area contributed by atoms with Crippen molar-refractivity contribution in [1.82, 2.24) is 4.90 Å². The summed E-state index contributed by atoms with van der Waals surface area (Å²) < 4.78 is 13.9. The summed E-state index contributed by atoms with van der Waals surface area (Å²) in [6.45, 7) is 1.74. The zero-order chi connectivity index (χ0) is 13.3. The third-order valence-electron chi connectivity index (χ3n) is 3.21. The highest BCUT2D eigenvalue weighted by Crippen LogP contribution is 2.29. The highest BCUT2D eigenvalue weighted by Gasteiger charge is 2.47. The average molecular weight is 271 g/mol. The molecule has 0 aromatic carbocycles. The van der Waals surface area contributed by atoms with E-state index < -0.39 is 11.6 Å². The Morgan fingerprint density at radius 2 is 2.33 bits per heavy atom. The van der Waals surface area contributed by atoms with Crippen LogP contribution in [-0.2, 0) is 11.2 Å². The Morgan fingerprint density at radius 1 is 1.61 bits per heavy atom. The summed E-state index contributed by atoms with van der Waals surface area (Å²) in [4.78, 5) is 24.8. The normalized spacial score (nSPS) is 23.3. The Bertz CT molecular complexity index is 487. The molecule has 1 aliphatic rings. The van der Waals surface area contributed by atoms with Gasteiger partial charge in [-0.3, -0.25) is 4.79 Å². The van der Waals surface area contributed by atoms with Gasteiger partial charge in [0.1, 0.15) is 0 Å². The quantitative estimate of drug-likeness (QED) is 0.914. The molecule has 6 heteroatoms. The molecular formula is C12H14FNO3S. The summed E-state index contributed by atoms with van der Waals surface area (Å²) in [5.74, 6) is -1.75. The summed E-state index contributed by atoms with van der Waals surface area (Å²) in [5.41, 5.74) is -1.36. The molecule has 1 atom stereocenters. The van der Waals surface area contributed by atoms with Gasteiger partial charge in [-0.2, -0.15) is 0 Å². The standard InChI is InChI=1S/C12H14FNO3S/c1-2-8-3-6-18-9(8)10(15)14-5-4-12(13,7-14)11(16)17/h3,6H,2,4-5,7H2,1H3,(H,16,17). The number of carboxylic acids is 1. The molecule has 1 amide bonds. The highest BCUT2D eigenvalue weighted by molar-refractivity contribution is 7.12. The molecule has 0 bridgehead atoms. The maximum atomic E-state index is 13.9. The molecule has 1 aliphatic heterocycles. The van der Waals surface area contributed by atoms with Crippen molar-refractivity contribution in [1.29, 1.82) is 0 Å². The number of likely N-dealkylation sites (tertiary alicyclic amines) is 1. The van der Waals surface area contributed by atoms with Crippen LogP contribution in [0.2, 0.25) is 0 Å². The summed E-state index contributed by atoms with van der Waals surface area (Å²) in [6.07, 6.45) is 0.596. The van der Waals surface area contributed by atoms with E-state index in [1.165, 1.54) is 16.2 Å². The number of aryl methyl sites for hydroxylation is 1. The first-order valence-electron chi connectivity index (χ1n) is 5.76. The molecule has 1 aromatic rings. The Balaban J connectivity index is 2.15. The summed E-state index contributed by atoms with van der Waals surface area (Å²) in [5, 5.41) is 10.6. The number of nitrogens with zero attached hydrogens (tertiary/aromatic N) is 1. The van der Waals surface area contributed by atoms with E-state index in [0.29, 0.717) is 4.88 Å². The number of carboxylic acid groups (broad SMARTS) is 1. The molecule has 18 heavy (non-hydrogen) atoms. The Kier molecular flexibility index (Phi) is 3.38. The molecule has 0 spiro atoms. The van der Waals surface area contributed by atoms with Gasteiger partial charge in [0.2, 0.25) is 5.67 Å². The summed E-state index contributed by atoms with van der Waals surface area (Å²) in [6, 6.07) is 1.87. The third kappa shape index (κ3) is 2.12. The van der Waals surface area contributed by atoms with Crippen LogP contribution in [0.25, 0.3) is 0 Å². The second-order valence-corrected chi connectivity index (χ2v) is 5.29. The number of hydrogen-bond donors (Lipinski definition) is 1. The fourth-order valence-corrected chi connectivity index (χ4v) is 3.03. The van der Waals surface area contributed by atoms with E-state index in [1.807, 2.05) is 18.4 Å². The van der Waals surface area contributed by atoms with E-state index in [2.05, 4.69) is 0 Å². The van der Waals surface area contributed by atoms with E-state index >= 15 is 0 Å². The van der Waals surface area contributed by atoms with E-state index in [1.54, 1.807) is 0 Å². The van der Waals surface area contributed by atoms with Crippen LogP contribution in [0.1, 0.15) is 28.6 Å². The van der Waals surface area contributed by atoms with Crippen LogP contribution < -0.4 is 0 Å². The monoisotopic (exact) mass is 271 g/mol. The third-order valence-corrected chi connectivity index (χ3v) is 4.16. The first-order valence-corrected chi connectivity index (χ1v) is 6.64.